The number of nitrogens with one attached hydrogen (secondary N) is 1. The number of amides is 1. The Morgan fingerprint density at radius 1 is 1.45 bits per heavy atom. The van der Waals surface area contributed by atoms with Gasteiger partial charge in [-0.1, -0.05) is 6.42 Å². The predicted molar refractivity (Wildman–Crippen MR) is 74.2 cm³/mol. The topological polar surface area (TPSA) is 59.4 Å². The Morgan fingerprint density at radius 3 is 3.15 bits per heavy atom. The zero-order chi connectivity index (χ0) is 13.8. The number of morpholine rings is 1. The molecule has 6 heteroatoms. The zero-order valence-corrected chi connectivity index (χ0v) is 11.7. The van der Waals surface area contributed by atoms with Crippen LogP contribution in [0.2, 0.25) is 0 Å². The highest BCUT2D eigenvalue weighted by molar-refractivity contribution is 5.82. The molecular weight excluding hydrogens is 256 g/mol. The molecule has 3 rings (SSSR count). The van der Waals surface area contributed by atoms with Gasteiger partial charge in [0.25, 0.3) is 0 Å². The Balaban J connectivity index is 1.55. The van der Waals surface area contributed by atoms with Gasteiger partial charge < -0.3 is 15.0 Å². The van der Waals surface area contributed by atoms with Gasteiger partial charge in [0.1, 0.15) is 0 Å². The Hall–Kier alpha value is -1.40. The molecular formula is C14H22N4O2. The fourth-order valence-electron chi connectivity index (χ4n) is 2.93. The van der Waals surface area contributed by atoms with E-state index in [2.05, 4.69) is 10.4 Å². The van der Waals surface area contributed by atoms with Crippen LogP contribution in [0.15, 0.2) is 18.5 Å². The molecule has 1 aromatic rings. The van der Waals surface area contributed by atoms with Crippen molar-refractivity contribution in [1.29, 1.82) is 0 Å². The van der Waals surface area contributed by atoms with E-state index in [1.54, 1.807) is 6.20 Å². The summed E-state index contributed by atoms with van der Waals surface area (Å²) in [5.74, 6) is 0.235. The van der Waals surface area contributed by atoms with Crippen LogP contribution in [0.5, 0.6) is 0 Å². The molecule has 0 radical (unpaired) electrons. The lowest BCUT2D eigenvalue weighted by Crippen LogP contribution is -2.54. The van der Waals surface area contributed by atoms with E-state index in [1.807, 2.05) is 21.8 Å². The first kappa shape index (κ1) is 13.6. The second-order valence-electron chi connectivity index (χ2n) is 5.51. The maximum atomic E-state index is 12.5. The maximum Gasteiger partial charge on any atom is 0.239 e. The summed E-state index contributed by atoms with van der Waals surface area (Å²) >= 11 is 0. The van der Waals surface area contributed by atoms with Crippen molar-refractivity contribution in [3.63, 3.8) is 0 Å². The Morgan fingerprint density at radius 2 is 2.40 bits per heavy atom. The van der Waals surface area contributed by atoms with E-state index in [0.29, 0.717) is 26.2 Å². The second kappa shape index (κ2) is 6.37. The maximum absolute atomic E-state index is 12.5. The third kappa shape index (κ3) is 3.19. The summed E-state index contributed by atoms with van der Waals surface area (Å²) in [5, 5.41) is 7.52. The SMILES string of the molecule is O=C([C@H]1CCCCN1)N1CCOC(Cn2cccn2)C1. The monoisotopic (exact) mass is 278 g/mol. The van der Waals surface area contributed by atoms with Crippen molar-refractivity contribution in [2.75, 3.05) is 26.2 Å². The molecule has 2 fully saturated rings. The Labute approximate surface area is 119 Å². The average molecular weight is 278 g/mol. The lowest BCUT2D eigenvalue weighted by Gasteiger charge is -2.36. The summed E-state index contributed by atoms with van der Waals surface area (Å²) in [6.45, 7) is 3.64. The van der Waals surface area contributed by atoms with Gasteiger partial charge in [-0.3, -0.25) is 9.48 Å². The molecule has 2 aliphatic heterocycles. The number of hydrogen-bond acceptors (Lipinski definition) is 4. The summed E-state index contributed by atoms with van der Waals surface area (Å²) in [4.78, 5) is 14.4. The molecule has 6 nitrogen and oxygen atoms in total. The van der Waals surface area contributed by atoms with Gasteiger partial charge in [-0.2, -0.15) is 5.10 Å². The summed E-state index contributed by atoms with van der Waals surface area (Å²) in [6, 6.07) is 1.91. The van der Waals surface area contributed by atoms with E-state index in [0.717, 1.165) is 19.4 Å². The summed E-state index contributed by atoms with van der Waals surface area (Å²) < 4.78 is 7.60. The van der Waals surface area contributed by atoms with Crippen molar-refractivity contribution in [2.45, 2.75) is 38.0 Å². The molecule has 2 saturated heterocycles. The largest absolute Gasteiger partial charge is 0.373 e. The molecule has 110 valence electrons. The molecule has 20 heavy (non-hydrogen) atoms. The van der Waals surface area contributed by atoms with Gasteiger partial charge in [-0.15, -0.1) is 0 Å². The first-order chi connectivity index (χ1) is 9.83. The van der Waals surface area contributed by atoms with Gasteiger partial charge >= 0.3 is 0 Å². The van der Waals surface area contributed by atoms with E-state index in [1.165, 1.54) is 6.42 Å². The standard InChI is InChI=1S/C14H22N4O2/c19-14(13-4-1-2-5-15-13)17-8-9-20-12(10-17)11-18-7-3-6-16-18/h3,6-7,12-13,15H,1-2,4-5,8-11H2/t12?,13-/m1/s1. The van der Waals surface area contributed by atoms with Crippen LogP contribution in [-0.4, -0.2) is 59.0 Å². The first-order valence-corrected chi connectivity index (χ1v) is 7.44. The number of piperidine rings is 1. The summed E-state index contributed by atoms with van der Waals surface area (Å²) in [6.07, 6.45) is 7.00. The molecule has 0 saturated carbocycles. The molecule has 0 spiro atoms. The third-order valence-corrected chi connectivity index (χ3v) is 4.01. The van der Waals surface area contributed by atoms with Crippen molar-refractivity contribution < 1.29 is 9.53 Å². The van der Waals surface area contributed by atoms with Gasteiger partial charge in [-0.25, -0.2) is 0 Å². The van der Waals surface area contributed by atoms with Crippen LogP contribution in [0.1, 0.15) is 19.3 Å². The lowest BCUT2D eigenvalue weighted by molar-refractivity contribution is -0.142. The Kier molecular flexibility index (Phi) is 4.32. The molecule has 0 bridgehead atoms. The van der Waals surface area contributed by atoms with Crippen LogP contribution in [-0.2, 0) is 16.1 Å². The molecule has 2 atom stereocenters. The highest BCUT2D eigenvalue weighted by Crippen LogP contribution is 2.13. The van der Waals surface area contributed by atoms with E-state index < -0.39 is 0 Å². The number of ether oxygens (including phenoxy) is 1. The highest BCUT2D eigenvalue weighted by Gasteiger charge is 2.30. The molecule has 0 aliphatic carbocycles. The van der Waals surface area contributed by atoms with Gasteiger partial charge in [0.2, 0.25) is 5.91 Å². The Bertz CT molecular complexity index is 428. The third-order valence-electron chi connectivity index (χ3n) is 4.01. The van der Waals surface area contributed by atoms with E-state index in [4.69, 9.17) is 4.74 Å². The molecule has 1 unspecified atom stereocenters. The minimum atomic E-state index is 0.00667. The van der Waals surface area contributed by atoms with Crippen molar-refractivity contribution in [1.82, 2.24) is 20.0 Å². The van der Waals surface area contributed by atoms with Gasteiger partial charge in [-0.05, 0) is 25.5 Å². The van der Waals surface area contributed by atoms with Crippen molar-refractivity contribution in [3.05, 3.63) is 18.5 Å². The lowest BCUT2D eigenvalue weighted by atomic mass is 10.0. The van der Waals surface area contributed by atoms with Crippen LogP contribution in [0.3, 0.4) is 0 Å². The quantitative estimate of drug-likeness (QED) is 0.861. The average Bonchev–Trinajstić information content (AvgIpc) is 3.01. The molecule has 1 aromatic heterocycles. The number of carbonyl (C=O) groups excluding carboxylic acids is 1. The van der Waals surface area contributed by atoms with Crippen LogP contribution in [0.25, 0.3) is 0 Å². The van der Waals surface area contributed by atoms with Crippen LogP contribution >= 0.6 is 0 Å². The van der Waals surface area contributed by atoms with E-state index in [-0.39, 0.29) is 18.1 Å². The molecule has 1 N–H and O–H groups in total. The predicted octanol–water partition coefficient (Wildman–Crippen LogP) is 0.253. The number of nitrogens with zero attached hydrogens (tertiary/aromatic N) is 3. The molecule has 1 amide bonds. The van der Waals surface area contributed by atoms with Crippen LogP contribution in [0, 0.1) is 0 Å². The van der Waals surface area contributed by atoms with Crippen molar-refractivity contribution in [2.24, 2.45) is 0 Å². The van der Waals surface area contributed by atoms with Crippen molar-refractivity contribution >= 4 is 5.91 Å². The van der Waals surface area contributed by atoms with Crippen molar-refractivity contribution in [3.8, 4) is 0 Å². The fourth-order valence-corrected chi connectivity index (χ4v) is 2.93. The number of hydrogen-bond donors (Lipinski definition) is 1. The molecule has 0 aromatic carbocycles. The first-order valence-electron chi connectivity index (χ1n) is 7.44. The zero-order valence-electron chi connectivity index (χ0n) is 11.7. The summed E-state index contributed by atoms with van der Waals surface area (Å²) in [5.41, 5.74) is 0. The highest BCUT2D eigenvalue weighted by atomic mass is 16.5. The normalized spacial score (nSPS) is 27.5. The second-order valence-corrected chi connectivity index (χ2v) is 5.51. The molecule has 3 heterocycles. The number of carbonyl (C=O) groups is 1. The van der Waals surface area contributed by atoms with Crippen LogP contribution < -0.4 is 5.32 Å². The van der Waals surface area contributed by atoms with E-state index in [9.17, 15) is 4.79 Å². The minimum Gasteiger partial charge on any atom is -0.373 e. The molecule has 2 aliphatic rings. The number of rotatable bonds is 3. The van der Waals surface area contributed by atoms with Crippen LogP contribution in [0.4, 0.5) is 0 Å². The van der Waals surface area contributed by atoms with Gasteiger partial charge in [0.15, 0.2) is 0 Å². The summed E-state index contributed by atoms with van der Waals surface area (Å²) in [7, 11) is 0. The van der Waals surface area contributed by atoms with Gasteiger partial charge in [0.05, 0.1) is 25.3 Å². The number of aromatic nitrogens is 2. The fraction of sp³-hybridized carbons (Fsp3) is 0.714. The van der Waals surface area contributed by atoms with Gasteiger partial charge in [0, 0.05) is 25.5 Å². The van der Waals surface area contributed by atoms with E-state index >= 15 is 0 Å². The minimum absolute atomic E-state index is 0.00667. The smallest absolute Gasteiger partial charge is 0.239 e.